The highest BCUT2D eigenvalue weighted by atomic mass is 16.3. The SMILES string of the molecule is CNc1nc(N2CCC(C(C)(C)O)C2)cc(-n2ncc3ccc(C4(C#N)CC45CC5)cc32)n1. The van der Waals surface area contributed by atoms with Gasteiger partial charge in [-0.1, -0.05) is 12.1 Å². The number of aromatic nitrogens is 4. The van der Waals surface area contributed by atoms with Crippen molar-refractivity contribution in [2.45, 2.75) is 50.5 Å². The fourth-order valence-corrected chi connectivity index (χ4v) is 5.66. The van der Waals surface area contributed by atoms with E-state index in [9.17, 15) is 10.4 Å². The molecule has 2 aromatic heterocycles. The molecule has 2 unspecified atom stereocenters. The highest BCUT2D eigenvalue weighted by Crippen LogP contribution is 2.78. The third-order valence-electron chi connectivity index (χ3n) is 8.14. The van der Waals surface area contributed by atoms with Gasteiger partial charge in [0.2, 0.25) is 5.95 Å². The standard InChI is InChI=1S/C25H29N7O/c1-23(2,33)18-6-9-31(13-18)20-11-21(30-22(27-3)29-20)32-19-10-17(5-4-16(19)12-28-32)25(15-26)14-24(25)7-8-24/h4-5,10-12,18,33H,6-9,13-14H2,1-3H3,(H,27,29,30). The summed E-state index contributed by atoms with van der Waals surface area (Å²) in [6.45, 7) is 5.34. The van der Waals surface area contributed by atoms with Crippen LogP contribution in [0.2, 0.25) is 0 Å². The van der Waals surface area contributed by atoms with E-state index >= 15 is 0 Å². The van der Waals surface area contributed by atoms with Crippen LogP contribution in [0.4, 0.5) is 11.8 Å². The molecule has 33 heavy (non-hydrogen) atoms. The molecule has 170 valence electrons. The van der Waals surface area contributed by atoms with Crippen molar-refractivity contribution < 1.29 is 5.11 Å². The summed E-state index contributed by atoms with van der Waals surface area (Å²) in [7, 11) is 1.81. The lowest BCUT2D eigenvalue weighted by atomic mass is 9.90. The zero-order chi connectivity index (χ0) is 23.0. The van der Waals surface area contributed by atoms with Gasteiger partial charge in [-0.25, -0.2) is 4.68 Å². The Morgan fingerprint density at radius 1 is 1.21 bits per heavy atom. The molecule has 0 radical (unpaired) electrons. The average molecular weight is 444 g/mol. The quantitative estimate of drug-likeness (QED) is 0.623. The molecule has 0 amide bonds. The van der Waals surface area contributed by atoms with Crippen molar-refractivity contribution in [2.75, 3.05) is 30.4 Å². The van der Waals surface area contributed by atoms with Crippen LogP contribution in [0.1, 0.15) is 45.1 Å². The number of hydrogen-bond donors (Lipinski definition) is 2. The molecule has 3 aliphatic rings. The molecule has 3 fully saturated rings. The second-order valence-electron chi connectivity index (χ2n) is 10.5. The first-order chi connectivity index (χ1) is 15.8. The fourth-order valence-electron chi connectivity index (χ4n) is 5.66. The lowest BCUT2D eigenvalue weighted by Crippen LogP contribution is -2.33. The minimum absolute atomic E-state index is 0.192. The number of rotatable bonds is 5. The fraction of sp³-hybridized carbons (Fsp3) is 0.520. The molecule has 1 aliphatic heterocycles. The number of nitriles is 1. The van der Waals surface area contributed by atoms with Gasteiger partial charge in [0.05, 0.1) is 28.8 Å². The molecular weight excluding hydrogens is 414 g/mol. The Balaban J connectivity index is 1.40. The zero-order valence-electron chi connectivity index (χ0n) is 19.3. The Morgan fingerprint density at radius 3 is 2.64 bits per heavy atom. The predicted molar refractivity (Wildman–Crippen MR) is 126 cm³/mol. The molecule has 1 spiro atoms. The Hall–Kier alpha value is -3.18. The topological polar surface area (TPSA) is 103 Å². The van der Waals surface area contributed by atoms with Crippen LogP contribution in [-0.4, -0.2) is 50.6 Å². The predicted octanol–water partition coefficient (Wildman–Crippen LogP) is 3.40. The van der Waals surface area contributed by atoms with E-state index in [2.05, 4.69) is 49.6 Å². The third kappa shape index (κ3) is 3.02. The van der Waals surface area contributed by atoms with Gasteiger partial charge >= 0.3 is 0 Å². The van der Waals surface area contributed by atoms with E-state index in [0.29, 0.717) is 11.8 Å². The number of aliphatic hydroxyl groups is 1. The second kappa shape index (κ2) is 6.67. The van der Waals surface area contributed by atoms with Crippen molar-refractivity contribution >= 4 is 22.7 Å². The van der Waals surface area contributed by atoms with Crippen molar-refractivity contribution in [1.29, 1.82) is 5.26 Å². The maximum Gasteiger partial charge on any atom is 0.226 e. The summed E-state index contributed by atoms with van der Waals surface area (Å²) < 4.78 is 1.85. The zero-order valence-corrected chi connectivity index (χ0v) is 19.3. The summed E-state index contributed by atoms with van der Waals surface area (Å²) in [5, 5.41) is 29.2. The molecular formula is C25H29N7O. The summed E-state index contributed by atoms with van der Waals surface area (Å²) in [4.78, 5) is 11.6. The van der Waals surface area contributed by atoms with Crippen molar-refractivity contribution in [2.24, 2.45) is 11.3 Å². The third-order valence-corrected chi connectivity index (χ3v) is 8.14. The molecule has 3 heterocycles. The number of benzene rings is 1. The highest BCUT2D eigenvalue weighted by Gasteiger charge is 2.75. The molecule has 2 N–H and O–H groups in total. The van der Waals surface area contributed by atoms with Gasteiger partial charge in [-0.05, 0) is 56.6 Å². The molecule has 8 heteroatoms. The average Bonchev–Trinajstić information content (AvgIpc) is 3.55. The largest absolute Gasteiger partial charge is 0.390 e. The Morgan fingerprint density at radius 2 is 2.00 bits per heavy atom. The van der Waals surface area contributed by atoms with Gasteiger partial charge in [-0.2, -0.15) is 20.3 Å². The van der Waals surface area contributed by atoms with Gasteiger partial charge in [0, 0.05) is 37.5 Å². The van der Waals surface area contributed by atoms with Gasteiger partial charge in [0.1, 0.15) is 5.82 Å². The van der Waals surface area contributed by atoms with Crippen LogP contribution in [0.25, 0.3) is 16.7 Å². The summed E-state index contributed by atoms with van der Waals surface area (Å²) in [5.41, 5.74) is 1.20. The molecule has 0 bridgehead atoms. The number of nitrogens with zero attached hydrogens (tertiary/aromatic N) is 6. The van der Waals surface area contributed by atoms with Crippen LogP contribution < -0.4 is 10.2 Å². The number of hydrogen-bond acceptors (Lipinski definition) is 7. The van der Waals surface area contributed by atoms with Crippen LogP contribution in [0.5, 0.6) is 0 Å². The molecule has 1 aromatic carbocycles. The van der Waals surface area contributed by atoms with E-state index in [1.165, 1.54) is 0 Å². The van der Waals surface area contributed by atoms with E-state index in [4.69, 9.17) is 0 Å². The highest BCUT2D eigenvalue weighted by molar-refractivity contribution is 5.82. The van der Waals surface area contributed by atoms with Crippen LogP contribution >= 0.6 is 0 Å². The molecule has 2 aliphatic carbocycles. The van der Waals surface area contributed by atoms with Gasteiger partial charge in [0.25, 0.3) is 0 Å². The summed E-state index contributed by atoms with van der Waals surface area (Å²) >= 11 is 0. The van der Waals surface area contributed by atoms with Gasteiger partial charge < -0.3 is 15.3 Å². The second-order valence-corrected chi connectivity index (χ2v) is 10.5. The van der Waals surface area contributed by atoms with Crippen molar-refractivity contribution in [3.8, 4) is 11.9 Å². The lowest BCUT2D eigenvalue weighted by Gasteiger charge is -2.26. The maximum absolute atomic E-state index is 10.5. The first-order valence-corrected chi connectivity index (χ1v) is 11.7. The van der Waals surface area contributed by atoms with Crippen molar-refractivity contribution in [3.05, 3.63) is 36.0 Å². The minimum atomic E-state index is -0.719. The van der Waals surface area contributed by atoms with E-state index in [1.54, 1.807) is 0 Å². The minimum Gasteiger partial charge on any atom is -0.390 e. The number of fused-ring (bicyclic) bond motifs is 1. The Bertz CT molecular complexity index is 1300. The first-order valence-electron chi connectivity index (χ1n) is 11.7. The van der Waals surface area contributed by atoms with Crippen molar-refractivity contribution in [3.63, 3.8) is 0 Å². The molecule has 1 saturated heterocycles. The monoisotopic (exact) mass is 443 g/mol. The van der Waals surface area contributed by atoms with Gasteiger partial charge in [-0.3, -0.25) is 0 Å². The van der Waals surface area contributed by atoms with Gasteiger partial charge in [0.15, 0.2) is 5.82 Å². The van der Waals surface area contributed by atoms with Crippen LogP contribution in [-0.2, 0) is 5.41 Å². The smallest absolute Gasteiger partial charge is 0.226 e. The molecule has 3 aromatic rings. The first kappa shape index (κ1) is 20.4. The van der Waals surface area contributed by atoms with E-state index < -0.39 is 5.60 Å². The molecule has 8 nitrogen and oxygen atoms in total. The Kier molecular flexibility index (Phi) is 4.13. The van der Waals surface area contributed by atoms with Crippen molar-refractivity contribution in [1.82, 2.24) is 19.7 Å². The normalized spacial score (nSPS) is 25.4. The number of nitrogens with one attached hydrogen (secondary N) is 1. The summed E-state index contributed by atoms with van der Waals surface area (Å²) in [5.74, 6) is 2.23. The Labute approximate surface area is 193 Å². The number of anilines is 2. The molecule has 6 rings (SSSR count). The van der Waals surface area contributed by atoms with E-state index in [-0.39, 0.29) is 16.7 Å². The van der Waals surface area contributed by atoms with Gasteiger partial charge in [-0.15, -0.1) is 0 Å². The molecule has 2 saturated carbocycles. The molecule has 2 atom stereocenters. The van der Waals surface area contributed by atoms with E-state index in [0.717, 1.165) is 61.1 Å². The summed E-state index contributed by atoms with van der Waals surface area (Å²) in [6.07, 6.45) is 6.04. The summed E-state index contributed by atoms with van der Waals surface area (Å²) in [6, 6.07) is 10.9. The van der Waals surface area contributed by atoms with E-state index in [1.807, 2.05) is 37.8 Å². The van der Waals surface area contributed by atoms with Crippen LogP contribution in [0.15, 0.2) is 30.5 Å². The lowest BCUT2D eigenvalue weighted by molar-refractivity contribution is 0.0263. The van der Waals surface area contributed by atoms with Crippen LogP contribution in [0.3, 0.4) is 0 Å². The maximum atomic E-state index is 10.5. The van der Waals surface area contributed by atoms with Crippen LogP contribution in [0, 0.1) is 22.7 Å².